The van der Waals surface area contributed by atoms with Gasteiger partial charge < -0.3 is 20.4 Å². The lowest BCUT2D eigenvalue weighted by atomic mass is 9.96. The summed E-state index contributed by atoms with van der Waals surface area (Å²) in [7, 11) is 3.33. The van der Waals surface area contributed by atoms with Crippen molar-refractivity contribution in [1.29, 1.82) is 0 Å². The Hall–Kier alpha value is -3.06. The molecule has 0 saturated carbocycles. The number of hydrogen-bond acceptors (Lipinski definition) is 5. The summed E-state index contributed by atoms with van der Waals surface area (Å²) in [4.78, 5) is 22.4. The second-order valence-corrected chi connectivity index (χ2v) is 7.90. The van der Waals surface area contributed by atoms with E-state index in [2.05, 4.69) is 44.6 Å². The molecule has 1 fully saturated rings. The minimum Gasteiger partial charge on any atom is -0.497 e. The number of carbonyl (C=O) groups is 1. The highest BCUT2D eigenvalue weighted by atomic mass is 16.5. The first kappa shape index (κ1) is 20.2. The molecule has 3 N–H and O–H groups in total. The van der Waals surface area contributed by atoms with Crippen LogP contribution >= 0.6 is 0 Å². The molecule has 0 radical (unpaired) electrons. The van der Waals surface area contributed by atoms with Crippen molar-refractivity contribution in [3.05, 3.63) is 53.9 Å². The second-order valence-electron chi connectivity index (χ2n) is 7.90. The Morgan fingerprint density at radius 1 is 1.30 bits per heavy atom. The van der Waals surface area contributed by atoms with Crippen LogP contribution in [-0.4, -0.2) is 53.6 Å². The molecule has 0 bridgehead atoms. The number of fused-ring (bicyclic) bond motifs is 1. The Balaban J connectivity index is 1.46. The van der Waals surface area contributed by atoms with E-state index in [1.807, 2.05) is 24.4 Å². The number of H-pyrrole nitrogens is 1. The molecule has 30 heavy (non-hydrogen) atoms. The van der Waals surface area contributed by atoms with E-state index in [-0.39, 0.29) is 5.91 Å². The minimum atomic E-state index is -0.127. The van der Waals surface area contributed by atoms with Crippen molar-refractivity contribution in [3.8, 4) is 5.75 Å². The summed E-state index contributed by atoms with van der Waals surface area (Å²) in [6, 6.07) is 11.0. The van der Waals surface area contributed by atoms with Crippen LogP contribution in [0.3, 0.4) is 0 Å². The lowest BCUT2D eigenvalue weighted by Gasteiger charge is -2.38. The zero-order valence-electron chi connectivity index (χ0n) is 17.7. The van der Waals surface area contributed by atoms with Gasteiger partial charge in [-0.2, -0.15) is 0 Å². The maximum absolute atomic E-state index is 12.4. The predicted molar refractivity (Wildman–Crippen MR) is 119 cm³/mol. The van der Waals surface area contributed by atoms with Crippen LogP contribution in [0, 0.1) is 0 Å². The van der Waals surface area contributed by atoms with Gasteiger partial charge in [0, 0.05) is 50.0 Å². The highest BCUT2D eigenvalue weighted by Gasteiger charge is 2.27. The molecule has 2 atom stereocenters. The molecule has 1 amide bonds. The van der Waals surface area contributed by atoms with Crippen LogP contribution in [0.2, 0.25) is 0 Å². The molecule has 0 spiro atoms. The number of nitrogens with zero attached hydrogens (tertiary/aromatic N) is 2. The third kappa shape index (κ3) is 4.11. The number of aromatic amines is 1. The molecule has 1 aliphatic rings. The first-order valence-electron chi connectivity index (χ1n) is 10.4. The quantitative estimate of drug-likeness (QED) is 0.583. The van der Waals surface area contributed by atoms with E-state index in [4.69, 9.17) is 4.74 Å². The molecule has 2 aromatic heterocycles. The molecule has 1 aromatic carbocycles. The molecule has 7 heteroatoms. The fourth-order valence-corrected chi connectivity index (χ4v) is 4.23. The molecular formula is C23H29N5O2. The Morgan fingerprint density at radius 2 is 2.10 bits per heavy atom. The van der Waals surface area contributed by atoms with Crippen molar-refractivity contribution in [2.45, 2.75) is 38.4 Å². The Morgan fingerprint density at radius 3 is 2.80 bits per heavy atom. The first-order valence-corrected chi connectivity index (χ1v) is 10.4. The Bertz CT molecular complexity index is 1010. The maximum Gasteiger partial charge on any atom is 0.254 e. The van der Waals surface area contributed by atoms with Crippen LogP contribution in [0.15, 0.2) is 42.7 Å². The molecule has 3 aromatic rings. The van der Waals surface area contributed by atoms with Crippen molar-refractivity contribution < 1.29 is 9.53 Å². The van der Waals surface area contributed by atoms with Gasteiger partial charge in [0.25, 0.3) is 5.91 Å². The number of amides is 1. The van der Waals surface area contributed by atoms with Gasteiger partial charge in [-0.1, -0.05) is 12.1 Å². The van der Waals surface area contributed by atoms with E-state index >= 15 is 0 Å². The number of anilines is 1. The van der Waals surface area contributed by atoms with E-state index in [0.29, 0.717) is 17.6 Å². The summed E-state index contributed by atoms with van der Waals surface area (Å²) in [5.41, 5.74) is 3.52. The number of ether oxygens (including phenoxy) is 1. The zero-order valence-corrected chi connectivity index (χ0v) is 17.7. The van der Waals surface area contributed by atoms with Crippen molar-refractivity contribution in [3.63, 3.8) is 0 Å². The topological polar surface area (TPSA) is 82.3 Å². The smallest absolute Gasteiger partial charge is 0.254 e. The van der Waals surface area contributed by atoms with Gasteiger partial charge in [-0.3, -0.25) is 9.69 Å². The number of methoxy groups -OCH3 is 1. The summed E-state index contributed by atoms with van der Waals surface area (Å²) in [5, 5.41) is 7.33. The van der Waals surface area contributed by atoms with Gasteiger partial charge in [0.1, 0.15) is 11.4 Å². The average molecular weight is 408 g/mol. The SMILES string of the molecule is CNC(=O)c1cnc2[nH]ccc2c1N[C@@H]1CCN(Cc2ccc(OC)cc2)[C@@H](C)C1. The predicted octanol–water partition coefficient (Wildman–Crippen LogP) is 3.40. The van der Waals surface area contributed by atoms with E-state index < -0.39 is 0 Å². The van der Waals surface area contributed by atoms with Crippen molar-refractivity contribution in [1.82, 2.24) is 20.2 Å². The van der Waals surface area contributed by atoms with E-state index in [1.165, 1.54) is 5.56 Å². The molecule has 0 aliphatic carbocycles. The van der Waals surface area contributed by atoms with Gasteiger partial charge in [0.2, 0.25) is 0 Å². The van der Waals surface area contributed by atoms with Gasteiger partial charge in [-0.25, -0.2) is 4.98 Å². The number of piperidine rings is 1. The van der Waals surface area contributed by atoms with Gasteiger partial charge in [0.05, 0.1) is 18.4 Å². The van der Waals surface area contributed by atoms with Crippen LogP contribution < -0.4 is 15.4 Å². The van der Waals surface area contributed by atoms with E-state index in [0.717, 1.165) is 48.4 Å². The van der Waals surface area contributed by atoms with Crippen LogP contribution in [0.1, 0.15) is 35.7 Å². The van der Waals surface area contributed by atoms with Crippen LogP contribution in [0.5, 0.6) is 5.75 Å². The van der Waals surface area contributed by atoms with Gasteiger partial charge >= 0.3 is 0 Å². The zero-order chi connectivity index (χ0) is 21.1. The minimum absolute atomic E-state index is 0.127. The number of benzene rings is 1. The summed E-state index contributed by atoms with van der Waals surface area (Å²) in [6.07, 6.45) is 5.53. The van der Waals surface area contributed by atoms with Crippen LogP contribution in [-0.2, 0) is 6.54 Å². The first-order chi connectivity index (χ1) is 14.6. The van der Waals surface area contributed by atoms with Gasteiger partial charge in [-0.05, 0) is 43.5 Å². The van der Waals surface area contributed by atoms with Crippen molar-refractivity contribution in [2.75, 3.05) is 26.0 Å². The summed E-state index contributed by atoms with van der Waals surface area (Å²) in [5.74, 6) is 0.758. The molecule has 1 saturated heterocycles. The third-order valence-electron chi connectivity index (χ3n) is 5.97. The van der Waals surface area contributed by atoms with Gasteiger partial charge in [0.15, 0.2) is 0 Å². The highest BCUT2D eigenvalue weighted by molar-refractivity contribution is 6.06. The monoisotopic (exact) mass is 407 g/mol. The number of pyridine rings is 1. The number of rotatable bonds is 6. The largest absolute Gasteiger partial charge is 0.497 e. The van der Waals surface area contributed by atoms with Gasteiger partial charge in [-0.15, -0.1) is 0 Å². The molecule has 3 heterocycles. The summed E-state index contributed by atoms with van der Waals surface area (Å²) >= 11 is 0. The highest BCUT2D eigenvalue weighted by Crippen LogP contribution is 2.29. The fraction of sp³-hybridized carbons (Fsp3) is 0.391. The average Bonchev–Trinajstić information content (AvgIpc) is 3.25. The molecule has 0 unspecified atom stereocenters. The molecule has 4 rings (SSSR count). The molecular weight excluding hydrogens is 378 g/mol. The lowest BCUT2D eigenvalue weighted by Crippen LogP contribution is -2.44. The number of nitrogens with one attached hydrogen (secondary N) is 3. The molecule has 1 aliphatic heterocycles. The van der Waals surface area contributed by atoms with Crippen molar-refractivity contribution in [2.24, 2.45) is 0 Å². The number of hydrogen-bond donors (Lipinski definition) is 3. The van der Waals surface area contributed by atoms with Crippen molar-refractivity contribution >= 4 is 22.6 Å². The normalized spacial score (nSPS) is 19.6. The van der Waals surface area contributed by atoms with Crippen LogP contribution in [0.25, 0.3) is 11.0 Å². The Kier molecular flexibility index (Phi) is 5.90. The molecule has 158 valence electrons. The summed E-state index contributed by atoms with van der Waals surface area (Å²) in [6.45, 7) is 4.20. The van der Waals surface area contributed by atoms with Crippen LogP contribution in [0.4, 0.5) is 5.69 Å². The Labute approximate surface area is 176 Å². The van der Waals surface area contributed by atoms with E-state index in [9.17, 15) is 4.79 Å². The summed E-state index contributed by atoms with van der Waals surface area (Å²) < 4.78 is 5.25. The third-order valence-corrected chi connectivity index (χ3v) is 5.97. The number of carbonyl (C=O) groups excluding carboxylic acids is 1. The standard InChI is InChI=1S/C23H29N5O2/c1-15-12-17(9-11-28(15)14-16-4-6-18(30-3)7-5-16)27-21-19-8-10-25-22(19)26-13-20(21)23(29)24-2/h4-8,10,13,15,17H,9,11-12,14H2,1-3H3,(H,24,29)(H2,25,26,27)/t15-,17+/m0/s1. The number of aromatic nitrogens is 2. The lowest BCUT2D eigenvalue weighted by molar-refractivity contribution is 0.0963. The number of likely N-dealkylation sites (tertiary alicyclic amines) is 1. The fourth-order valence-electron chi connectivity index (χ4n) is 4.23. The second kappa shape index (κ2) is 8.75. The van der Waals surface area contributed by atoms with E-state index in [1.54, 1.807) is 20.4 Å². The molecule has 7 nitrogen and oxygen atoms in total. The maximum atomic E-state index is 12.4.